The SMILES string of the molecule is COc1ccc(NC(=O)Cc2c(C)nn(-c3ccc(F)cc3)c2C)cc1NC(C)=O. The number of hydrogen-bond donors (Lipinski definition) is 2. The highest BCUT2D eigenvalue weighted by Crippen LogP contribution is 2.28. The van der Waals surface area contributed by atoms with Gasteiger partial charge in [0.2, 0.25) is 11.8 Å². The van der Waals surface area contributed by atoms with Crippen molar-refractivity contribution in [3.63, 3.8) is 0 Å². The molecule has 3 aromatic rings. The van der Waals surface area contributed by atoms with Gasteiger partial charge in [0, 0.05) is 23.9 Å². The average molecular weight is 410 g/mol. The number of rotatable bonds is 6. The third kappa shape index (κ3) is 4.65. The largest absolute Gasteiger partial charge is 0.495 e. The van der Waals surface area contributed by atoms with E-state index in [4.69, 9.17) is 4.74 Å². The lowest BCUT2D eigenvalue weighted by molar-refractivity contribution is -0.116. The van der Waals surface area contributed by atoms with E-state index in [0.29, 0.717) is 17.1 Å². The van der Waals surface area contributed by atoms with E-state index in [2.05, 4.69) is 15.7 Å². The molecule has 0 saturated carbocycles. The van der Waals surface area contributed by atoms with Gasteiger partial charge in [-0.2, -0.15) is 5.10 Å². The first-order chi connectivity index (χ1) is 14.3. The minimum Gasteiger partial charge on any atom is -0.495 e. The van der Waals surface area contributed by atoms with Crippen molar-refractivity contribution in [2.24, 2.45) is 0 Å². The Labute approximate surface area is 173 Å². The first kappa shape index (κ1) is 21.0. The molecular formula is C22H23FN4O3. The molecule has 8 heteroatoms. The molecule has 0 fully saturated rings. The smallest absolute Gasteiger partial charge is 0.228 e. The van der Waals surface area contributed by atoms with E-state index in [-0.39, 0.29) is 24.1 Å². The zero-order valence-electron chi connectivity index (χ0n) is 17.2. The molecule has 2 N–H and O–H groups in total. The van der Waals surface area contributed by atoms with E-state index in [1.165, 1.54) is 26.2 Å². The molecule has 0 spiro atoms. The first-order valence-electron chi connectivity index (χ1n) is 9.35. The number of aryl methyl sites for hydroxylation is 1. The van der Waals surface area contributed by atoms with Gasteiger partial charge >= 0.3 is 0 Å². The number of nitrogens with zero attached hydrogens (tertiary/aromatic N) is 2. The molecule has 0 atom stereocenters. The quantitative estimate of drug-likeness (QED) is 0.648. The molecule has 0 bridgehead atoms. The molecule has 0 aliphatic carbocycles. The van der Waals surface area contributed by atoms with Gasteiger partial charge in [-0.3, -0.25) is 9.59 Å². The summed E-state index contributed by atoms with van der Waals surface area (Å²) in [5, 5.41) is 10.00. The fourth-order valence-electron chi connectivity index (χ4n) is 3.20. The van der Waals surface area contributed by atoms with E-state index in [1.807, 2.05) is 13.8 Å². The lowest BCUT2D eigenvalue weighted by atomic mass is 10.1. The maximum absolute atomic E-state index is 13.2. The standard InChI is InChI=1S/C22H23FN4O3/c1-13-19(14(2)27(26-13)18-8-5-16(23)6-9-18)12-22(29)25-17-7-10-21(30-4)20(11-17)24-15(3)28/h5-11H,12H2,1-4H3,(H,24,28)(H,25,29). The van der Waals surface area contributed by atoms with Gasteiger partial charge in [0.25, 0.3) is 0 Å². The number of aromatic nitrogens is 2. The highest BCUT2D eigenvalue weighted by atomic mass is 19.1. The molecule has 156 valence electrons. The highest BCUT2D eigenvalue weighted by molar-refractivity contribution is 5.95. The zero-order valence-corrected chi connectivity index (χ0v) is 17.2. The molecular weight excluding hydrogens is 387 g/mol. The Morgan fingerprint density at radius 1 is 1.10 bits per heavy atom. The summed E-state index contributed by atoms with van der Waals surface area (Å²) < 4.78 is 20.1. The third-order valence-corrected chi connectivity index (χ3v) is 4.64. The van der Waals surface area contributed by atoms with Crippen molar-refractivity contribution in [1.82, 2.24) is 9.78 Å². The summed E-state index contributed by atoms with van der Waals surface area (Å²) in [4.78, 5) is 24.0. The molecule has 1 aromatic heterocycles. The number of amides is 2. The Bertz CT molecular complexity index is 1090. The van der Waals surface area contributed by atoms with E-state index in [1.54, 1.807) is 35.0 Å². The van der Waals surface area contributed by atoms with Crippen LogP contribution in [0.15, 0.2) is 42.5 Å². The van der Waals surface area contributed by atoms with Crippen LogP contribution < -0.4 is 15.4 Å². The second kappa shape index (κ2) is 8.77. The van der Waals surface area contributed by atoms with Gasteiger partial charge in [0.15, 0.2) is 0 Å². The Morgan fingerprint density at radius 3 is 2.43 bits per heavy atom. The number of carbonyl (C=O) groups is 2. The minimum atomic E-state index is -0.321. The fourth-order valence-corrected chi connectivity index (χ4v) is 3.20. The summed E-state index contributed by atoms with van der Waals surface area (Å²) in [5.74, 6) is -0.288. The Hall–Kier alpha value is -3.68. The van der Waals surface area contributed by atoms with Crippen molar-refractivity contribution in [3.8, 4) is 11.4 Å². The van der Waals surface area contributed by atoms with Crippen LogP contribution in [0.1, 0.15) is 23.9 Å². The van der Waals surface area contributed by atoms with Gasteiger partial charge in [0.05, 0.1) is 30.6 Å². The lowest BCUT2D eigenvalue weighted by Gasteiger charge is -2.12. The molecule has 0 aliphatic rings. The van der Waals surface area contributed by atoms with Gasteiger partial charge in [-0.15, -0.1) is 0 Å². The van der Waals surface area contributed by atoms with Crippen LogP contribution in [0.4, 0.5) is 15.8 Å². The number of methoxy groups -OCH3 is 1. The number of nitrogens with one attached hydrogen (secondary N) is 2. The Morgan fingerprint density at radius 2 is 1.80 bits per heavy atom. The molecule has 0 unspecified atom stereocenters. The van der Waals surface area contributed by atoms with Gasteiger partial charge in [0.1, 0.15) is 11.6 Å². The second-order valence-electron chi connectivity index (χ2n) is 6.86. The van der Waals surface area contributed by atoms with Gasteiger partial charge in [-0.05, 0) is 56.3 Å². The molecule has 0 saturated heterocycles. The second-order valence-corrected chi connectivity index (χ2v) is 6.86. The topological polar surface area (TPSA) is 85.2 Å². The van der Waals surface area contributed by atoms with Crippen LogP contribution in [-0.4, -0.2) is 28.7 Å². The van der Waals surface area contributed by atoms with Crippen LogP contribution in [-0.2, 0) is 16.0 Å². The summed E-state index contributed by atoms with van der Waals surface area (Å²) in [5.41, 5.74) is 4.06. The normalized spacial score (nSPS) is 10.6. The van der Waals surface area contributed by atoms with Crippen molar-refractivity contribution in [1.29, 1.82) is 0 Å². The minimum absolute atomic E-state index is 0.125. The summed E-state index contributed by atoms with van der Waals surface area (Å²) in [6.07, 6.45) is 0.125. The van der Waals surface area contributed by atoms with E-state index in [0.717, 1.165) is 22.6 Å². The highest BCUT2D eigenvalue weighted by Gasteiger charge is 2.17. The van der Waals surface area contributed by atoms with Gasteiger partial charge in [-0.1, -0.05) is 0 Å². The summed E-state index contributed by atoms with van der Waals surface area (Å²) in [7, 11) is 1.50. The molecule has 30 heavy (non-hydrogen) atoms. The van der Waals surface area contributed by atoms with Crippen LogP contribution in [0, 0.1) is 19.7 Å². The van der Waals surface area contributed by atoms with Crippen LogP contribution in [0.2, 0.25) is 0 Å². The van der Waals surface area contributed by atoms with Crippen molar-refractivity contribution >= 4 is 23.2 Å². The molecule has 0 aliphatic heterocycles. The number of anilines is 2. The van der Waals surface area contributed by atoms with E-state index >= 15 is 0 Å². The van der Waals surface area contributed by atoms with Crippen molar-refractivity contribution in [2.45, 2.75) is 27.2 Å². The predicted octanol–water partition coefficient (Wildman–Crippen LogP) is 3.78. The van der Waals surface area contributed by atoms with E-state index < -0.39 is 0 Å². The Balaban J connectivity index is 1.78. The van der Waals surface area contributed by atoms with Crippen LogP contribution in [0.25, 0.3) is 5.69 Å². The molecule has 3 rings (SSSR count). The molecule has 2 amide bonds. The van der Waals surface area contributed by atoms with Crippen LogP contribution in [0.5, 0.6) is 5.75 Å². The maximum atomic E-state index is 13.2. The lowest BCUT2D eigenvalue weighted by Crippen LogP contribution is -2.16. The van der Waals surface area contributed by atoms with E-state index in [9.17, 15) is 14.0 Å². The molecule has 1 heterocycles. The number of ether oxygens (including phenoxy) is 1. The molecule has 0 radical (unpaired) electrons. The van der Waals surface area contributed by atoms with Crippen molar-refractivity contribution < 1.29 is 18.7 Å². The van der Waals surface area contributed by atoms with Gasteiger partial charge < -0.3 is 15.4 Å². The number of halogens is 1. The number of benzene rings is 2. The third-order valence-electron chi connectivity index (χ3n) is 4.64. The number of carbonyl (C=O) groups excluding carboxylic acids is 2. The summed E-state index contributed by atoms with van der Waals surface area (Å²) in [6.45, 7) is 5.10. The summed E-state index contributed by atoms with van der Waals surface area (Å²) in [6, 6.07) is 11.0. The summed E-state index contributed by atoms with van der Waals surface area (Å²) >= 11 is 0. The predicted molar refractivity (Wildman–Crippen MR) is 113 cm³/mol. The average Bonchev–Trinajstić information content (AvgIpc) is 2.96. The molecule has 7 nitrogen and oxygen atoms in total. The maximum Gasteiger partial charge on any atom is 0.228 e. The first-order valence-corrected chi connectivity index (χ1v) is 9.35. The monoisotopic (exact) mass is 410 g/mol. The van der Waals surface area contributed by atoms with Crippen molar-refractivity contribution in [3.05, 3.63) is 65.2 Å². The number of hydrogen-bond acceptors (Lipinski definition) is 4. The Kier molecular flexibility index (Phi) is 6.15. The molecule has 2 aromatic carbocycles. The van der Waals surface area contributed by atoms with Crippen LogP contribution >= 0.6 is 0 Å². The zero-order chi connectivity index (χ0) is 21.8. The van der Waals surface area contributed by atoms with Crippen molar-refractivity contribution in [2.75, 3.05) is 17.7 Å². The van der Waals surface area contributed by atoms with Gasteiger partial charge in [-0.25, -0.2) is 9.07 Å². The fraction of sp³-hybridized carbons (Fsp3) is 0.227. The van der Waals surface area contributed by atoms with Crippen LogP contribution in [0.3, 0.4) is 0 Å².